The highest BCUT2D eigenvalue weighted by Crippen LogP contribution is 2.39. The summed E-state index contributed by atoms with van der Waals surface area (Å²) < 4.78 is 0. The van der Waals surface area contributed by atoms with Crippen molar-refractivity contribution in [1.29, 1.82) is 0 Å². The van der Waals surface area contributed by atoms with Crippen molar-refractivity contribution in [1.82, 2.24) is 9.97 Å². The smallest absolute Gasteiger partial charge is 0.160 e. The second-order valence-corrected chi connectivity index (χ2v) is 15.4. The lowest BCUT2D eigenvalue weighted by atomic mass is 9.91. The molecule has 0 aliphatic carbocycles. The molecule has 11 rings (SSSR count). The van der Waals surface area contributed by atoms with E-state index in [-0.39, 0.29) is 0 Å². The summed E-state index contributed by atoms with van der Waals surface area (Å²) in [5.41, 5.74) is 15.8. The Balaban J connectivity index is 0.952. The van der Waals surface area contributed by atoms with Crippen LogP contribution in [0.15, 0.2) is 231 Å². The Labute approximate surface area is 349 Å². The topological polar surface area (TPSA) is 25.8 Å². The van der Waals surface area contributed by atoms with E-state index in [0.29, 0.717) is 5.82 Å². The Morgan fingerprint density at radius 1 is 0.250 bits per heavy atom. The van der Waals surface area contributed by atoms with E-state index in [1.54, 1.807) is 0 Å². The van der Waals surface area contributed by atoms with Gasteiger partial charge >= 0.3 is 0 Å². The van der Waals surface area contributed by atoms with Crippen LogP contribution in [0.4, 0.5) is 0 Å². The number of benzene rings is 10. The monoisotopic (exact) mass is 762 g/mol. The first-order chi connectivity index (χ1) is 29.7. The van der Waals surface area contributed by atoms with Gasteiger partial charge in [0.25, 0.3) is 0 Å². The molecule has 0 spiro atoms. The molecule has 0 unspecified atom stereocenters. The first-order valence-electron chi connectivity index (χ1n) is 20.5. The van der Waals surface area contributed by atoms with Crippen LogP contribution in [0, 0.1) is 0 Å². The van der Waals surface area contributed by atoms with E-state index in [4.69, 9.17) is 9.97 Å². The summed E-state index contributed by atoms with van der Waals surface area (Å²) in [6.45, 7) is 0. The molecule has 0 N–H and O–H groups in total. The second-order valence-electron chi connectivity index (χ2n) is 15.4. The molecule has 0 atom stereocenters. The average molecular weight is 763 g/mol. The van der Waals surface area contributed by atoms with Crippen molar-refractivity contribution in [2.75, 3.05) is 0 Å². The van der Waals surface area contributed by atoms with E-state index in [9.17, 15) is 0 Å². The number of hydrogen-bond donors (Lipinski definition) is 0. The predicted octanol–water partition coefficient (Wildman–Crippen LogP) is 15.6. The van der Waals surface area contributed by atoms with Crippen molar-refractivity contribution in [2.45, 2.75) is 0 Å². The summed E-state index contributed by atoms with van der Waals surface area (Å²) in [6.07, 6.45) is 0. The molecule has 280 valence electrons. The second kappa shape index (κ2) is 15.1. The van der Waals surface area contributed by atoms with Crippen LogP contribution in [0.3, 0.4) is 0 Å². The van der Waals surface area contributed by atoms with Gasteiger partial charge in [0, 0.05) is 16.5 Å². The number of nitrogens with zero attached hydrogens (tertiary/aromatic N) is 2. The van der Waals surface area contributed by atoms with Crippen LogP contribution in [0.25, 0.3) is 111 Å². The standard InChI is InChI=1S/C58H38N2/c1-3-14-39(15-4-1)49-36-50(40-16-5-2-6-17-40)38-51(37-49)48-24-12-23-47(35-48)46-22-11-21-45(34-46)41-28-30-44(31-29-41)58-59-55-33-32-43-19-8-10-26-53(43)56(55)57(60-58)54-27-13-20-42-18-7-9-25-52(42)54/h1-38H. The Bertz CT molecular complexity index is 3290. The summed E-state index contributed by atoms with van der Waals surface area (Å²) in [4.78, 5) is 10.6. The van der Waals surface area contributed by atoms with Crippen LogP contribution in [0.5, 0.6) is 0 Å². The molecule has 1 heterocycles. The van der Waals surface area contributed by atoms with Crippen LogP contribution in [0.2, 0.25) is 0 Å². The molecule has 0 amide bonds. The molecule has 0 bridgehead atoms. The summed E-state index contributed by atoms with van der Waals surface area (Å²) >= 11 is 0. The zero-order chi connectivity index (χ0) is 39.8. The van der Waals surface area contributed by atoms with Gasteiger partial charge in [-0.05, 0) is 114 Å². The van der Waals surface area contributed by atoms with Crippen LogP contribution in [-0.2, 0) is 0 Å². The highest BCUT2D eigenvalue weighted by atomic mass is 14.9. The molecule has 0 aliphatic rings. The minimum absolute atomic E-state index is 0.713. The van der Waals surface area contributed by atoms with Crippen molar-refractivity contribution in [2.24, 2.45) is 0 Å². The summed E-state index contributed by atoms with van der Waals surface area (Å²) in [7, 11) is 0. The molecule has 0 fully saturated rings. The molecule has 1 aromatic heterocycles. The van der Waals surface area contributed by atoms with Gasteiger partial charge in [0.2, 0.25) is 0 Å². The minimum Gasteiger partial charge on any atom is -0.228 e. The molecule has 2 heteroatoms. The lowest BCUT2D eigenvalue weighted by Crippen LogP contribution is -1.96. The third kappa shape index (κ3) is 6.61. The van der Waals surface area contributed by atoms with Gasteiger partial charge in [0.05, 0.1) is 11.2 Å². The zero-order valence-corrected chi connectivity index (χ0v) is 32.8. The predicted molar refractivity (Wildman–Crippen MR) is 253 cm³/mol. The van der Waals surface area contributed by atoms with Gasteiger partial charge in [-0.3, -0.25) is 0 Å². The highest BCUT2D eigenvalue weighted by molar-refractivity contribution is 6.15. The van der Waals surface area contributed by atoms with Gasteiger partial charge in [-0.15, -0.1) is 0 Å². The molecule has 0 aliphatic heterocycles. The van der Waals surface area contributed by atoms with Crippen LogP contribution < -0.4 is 0 Å². The molecule has 0 saturated heterocycles. The van der Waals surface area contributed by atoms with Crippen LogP contribution in [0.1, 0.15) is 0 Å². The average Bonchev–Trinajstić information content (AvgIpc) is 3.34. The quantitative estimate of drug-likeness (QED) is 0.151. The Hall–Kier alpha value is -7.94. The first kappa shape index (κ1) is 35.2. The normalized spacial score (nSPS) is 11.3. The van der Waals surface area contributed by atoms with E-state index in [0.717, 1.165) is 44.2 Å². The Morgan fingerprint density at radius 3 is 1.30 bits per heavy atom. The minimum atomic E-state index is 0.713. The fourth-order valence-electron chi connectivity index (χ4n) is 8.62. The SMILES string of the molecule is c1ccc(-c2cc(-c3ccccc3)cc(-c3cccc(-c4cccc(-c5ccc(-c6nc(-c7cccc8ccccc78)c7c(ccc8ccccc87)n6)cc5)c4)c3)c2)cc1. The summed E-state index contributed by atoms with van der Waals surface area (Å²) in [6, 6.07) is 82.5. The lowest BCUT2D eigenvalue weighted by molar-refractivity contribution is 1.23. The number of hydrogen-bond acceptors (Lipinski definition) is 2. The van der Waals surface area contributed by atoms with E-state index < -0.39 is 0 Å². The maximum absolute atomic E-state index is 5.37. The van der Waals surface area contributed by atoms with Crippen molar-refractivity contribution in [3.05, 3.63) is 231 Å². The molecule has 60 heavy (non-hydrogen) atoms. The maximum Gasteiger partial charge on any atom is 0.160 e. The number of aromatic nitrogens is 2. The Kier molecular flexibility index (Phi) is 8.87. The Morgan fingerprint density at radius 2 is 0.667 bits per heavy atom. The first-order valence-corrected chi connectivity index (χ1v) is 20.5. The number of fused-ring (bicyclic) bond motifs is 4. The van der Waals surface area contributed by atoms with Crippen molar-refractivity contribution in [3.63, 3.8) is 0 Å². The highest BCUT2D eigenvalue weighted by Gasteiger charge is 2.17. The molecule has 10 aromatic carbocycles. The van der Waals surface area contributed by atoms with Crippen LogP contribution >= 0.6 is 0 Å². The lowest BCUT2D eigenvalue weighted by Gasteiger charge is -2.14. The van der Waals surface area contributed by atoms with Gasteiger partial charge in [0.1, 0.15) is 0 Å². The molecule has 2 nitrogen and oxygen atoms in total. The molecular weight excluding hydrogens is 725 g/mol. The third-order valence-electron chi connectivity index (χ3n) is 11.6. The van der Waals surface area contributed by atoms with E-state index in [1.165, 1.54) is 60.7 Å². The van der Waals surface area contributed by atoms with Gasteiger partial charge in [-0.1, -0.05) is 194 Å². The zero-order valence-electron chi connectivity index (χ0n) is 32.8. The fraction of sp³-hybridized carbons (Fsp3) is 0. The van der Waals surface area contributed by atoms with Crippen molar-refractivity contribution in [3.8, 4) is 78.3 Å². The third-order valence-corrected chi connectivity index (χ3v) is 11.6. The van der Waals surface area contributed by atoms with Gasteiger partial charge in [-0.25, -0.2) is 9.97 Å². The number of rotatable bonds is 7. The molecular formula is C58H38N2. The fourth-order valence-corrected chi connectivity index (χ4v) is 8.62. The van der Waals surface area contributed by atoms with Gasteiger partial charge in [-0.2, -0.15) is 0 Å². The summed E-state index contributed by atoms with van der Waals surface area (Å²) in [5, 5.41) is 5.78. The van der Waals surface area contributed by atoms with Crippen molar-refractivity contribution >= 4 is 32.4 Å². The molecule has 0 saturated carbocycles. The van der Waals surface area contributed by atoms with Crippen molar-refractivity contribution < 1.29 is 0 Å². The van der Waals surface area contributed by atoms with Gasteiger partial charge in [0.15, 0.2) is 5.82 Å². The van der Waals surface area contributed by atoms with Crippen LogP contribution in [-0.4, -0.2) is 9.97 Å². The maximum atomic E-state index is 5.37. The van der Waals surface area contributed by atoms with E-state index >= 15 is 0 Å². The molecule has 11 aromatic rings. The van der Waals surface area contributed by atoms with E-state index in [1.807, 2.05) is 0 Å². The van der Waals surface area contributed by atoms with Gasteiger partial charge < -0.3 is 0 Å². The largest absolute Gasteiger partial charge is 0.228 e. The molecule has 0 radical (unpaired) electrons. The van der Waals surface area contributed by atoms with E-state index in [2.05, 4.69) is 231 Å². The summed E-state index contributed by atoms with van der Waals surface area (Å²) in [5.74, 6) is 0.713.